The molecule has 0 radical (unpaired) electrons. The first-order chi connectivity index (χ1) is 8.78. The second-order valence-electron chi connectivity index (χ2n) is 4.69. The molecular formula is C13H16N4O. The summed E-state index contributed by atoms with van der Waals surface area (Å²) < 4.78 is 1.75. The SMILES string of the molecule is CCC(=O)Nc1cccn2nc(C3CCC3)nc12. The zero-order valence-corrected chi connectivity index (χ0v) is 10.4. The molecule has 1 saturated carbocycles. The summed E-state index contributed by atoms with van der Waals surface area (Å²) in [5.74, 6) is 1.40. The molecule has 1 aliphatic rings. The highest BCUT2D eigenvalue weighted by Crippen LogP contribution is 2.34. The molecule has 1 amide bonds. The zero-order valence-electron chi connectivity index (χ0n) is 10.4. The molecule has 2 aromatic heterocycles. The monoisotopic (exact) mass is 244 g/mol. The van der Waals surface area contributed by atoms with Gasteiger partial charge in [-0.15, -0.1) is 0 Å². The Bertz CT molecular complexity index is 586. The van der Waals surface area contributed by atoms with Crippen molar-refractivity contribution in [1.82, 2.24) is 14.6 Å². The molecule has 0 unspecified atom stereocenters. The van der Waals surface area contributed by atoms with Gasteiger partial charge in [0.15, 0.2) is 11.5 Å². The van der Waals surface area contributed by atoms with E-state index < -0.39 is 0 Å². The maximum atomic E-state index is 11.5. The third kappa shape index (κ3) is 1.85. The fourth-order valence-electron chi connectivity index (χ4n) is 2.10. The molecule has 0 aromatic carbocycles. The summed E-state index contributed by atoms with van der Waals surface area (Å²) in [4.78, 5) is 16.0. The predicted molar refractivity (Wildman–Crippen MR) is 68.5 cm³/mol. The van der Waals surface area contributed by atoms with Crippen molar-refractivity contribution in [2.45, 2.75) is 38.5 Å². The van der Waals surface area contributed by atoms with E-state index in [1.165, 1.54) is 19.3 Å². The van der Waals surface area contributed by atoms with Gasteiger partial charge in [-0.05, 0) is 25.0 Å². The number of aromatic nitrogens is 3. The van der Waals surface area contributed by atoms with E-state index in [9.17, 15) is 4.79 Å². The Morgan fingerprint density at radius 2 is 2.39 bits per heavy atom. The minimum Gasteiger partial charge on any atom is -0.323 e. The van der Waals surface area contributed by atoms with Crippen LogP contribution in [0.5, 0.6) is 0 Å². The average Bonchev–Trinajstić information content (AvgIpc) is 2.71. The number of pyridine rings is 1. The Labute approximate surface area is 105 Å². The number of rotatable bonds is 3. The maximum absolute atomic E-state index is 11.5. The molecule has 2 aromatic rings. The molecule has 18 heavy (non-hydrogen) atoms. The minimum absolute atomic E-state index is 0.00343. The Morgan fingerprint density at radius 1 is 1.56 bits per heavy atom. The third-order valence-corrected chi connectivity index (χ3v) is 3.44. The van der Waals surface area contributed by atoms with Crippen molar-refractivity contribution < 1.29 is 4.79 Å². The standard InChI is InChI=1S/C13H16N4O/c1-2-11(18)14-10-7-4-8-17-13(10)15-12(16-17)9-5-3-6-9/h4,7-9H,2-3,5-6H2,1H3,(H,14,18). The van der Waals surface area contributed by atoms with Gasteiger partial charge in [-0.2, -0.15) is 5.10 Å². The van der Waals surface area contributed by atoms with E-state index in [1.807, 2.05) is 25.3 Å². The molecule has 0 spiro atoms. The van der Waals surface area contributed by atoms with E-state index >= 15 is 0 Å². The van der Waals surface area contributed by atoms with Crippen molar-refractivity contribution in [1.29, 1.82) is 0 Å². The van der Waals surface area contributed by atoms with Crippen LogP contribution in [-0.4, -0.2) is 20.5 Å². The summed E-state index contributed by atoms with van der Waals surface area (Å²) in [6.07, 6.45) is 5.94. The maximum Gasteiger partial charge on any atom is 0.224 e. The summed E-state index contributed by atoms with van der Waals surface area (Å²) in [6, 6.07) is 3.74. The van der Waals surface area contributed by atoms with Crippen molar-refractivity contribution in [3.05, 3.63) is 24.2 Å². The smallest absolute Gasteiger partial charge is 0.224 e. The lowest BCUT2D eigenvalue weighted by Gasteiger charge is -2.21. The van der Waals surface area contributed by atoms with Gasteiger partial charge >= 0.3 is 0 Å². The predicted octanol–water partition coefficient (Wildman–Crippen LogP) is 2.35. The summed E-state index contributed by atoms with van der Waals surface area (Å²) in [7, 11) is 0. The van der Waals surface area contributed by atoms with Crippen molar-refractivity contribution in [2.24, 2.45) is 0 Å². The molecule has 94 valence electrons. The van der Waals surface area contributed by atoms with E-state index in [0.717, 1.165) is 17.2 Å². The van der Waals surface area contributed by atoms with Gasteiger partial charge in [-0.3, -0.25) is 4.79 Å². The highest BCUT2D eigenvalue weighted by molar-refractivity contribution is 5.93. The summed E-state index contributed by atoms with van der Waals surface area (Å²) in [5, 5.41) is 7.34. The first kappa shape index (κ1) is 11.2. The van der Waals surface area contributed by atoms with Crippen molar-refractivity contribution in [2.75, 3.05) is 5.32 Å². The highest BCUT2D eigenvalue weighted by Gasteiger charge is 2.24. The molecule has 0 saturated heterocycles. The number of hydrogen-bond acceptors (Lipinski definition) is 3. The summed E-state index contributed by atoms with van der Waals surface area (Å²) in [5.41, 5.74) is 1.48. The molecule has 0 aliphatic heterocycles. The van der Waals surface area contributed by atoms with Gasteiger partial charge in [-0.1, -0.05) is 13.3 Å². The summed E-state index contributed by atoms with van der Waals surface area (Å²) >= 11 is 0. The molecule has 5 heteroatoms. The van der Waals surface area contributed by atoms with Crippen LogP contribution in [0, 0.1) is 0 Å². The topological polar surface area (TPSA) is 59.3 Å². The van der Waals surface area contributed by atoms with Crippen molar-refractivity contribution >= 4 is 17.2 Å². The molecular weight excluding hydrogens is 228 g/mol. The summed E-state index contributed by atoms with van der Waals surface area (Å²) in [6.45, 7) is 1.83. The Hall–Kier alpha value is -1.91. The normalized spacial score (nSPS) is 15.6. The molecule has 1 fully saturated rings. The van der Waals surface area contributed by atoms with Crippen LogP contribution in [0.1, 0.15) is 44.3 Å². The molecule has 0 atom stereocenters. The number of anilines is 1. The lowest BCUT2D eigenvalue weighted by molar-refractivity contribution is -0.115. The fourth-order valence-corrected chi connectivity index (χ4v) is 2.10. The highest BCUT2D eigenvalue weighted by atomic mass is 16.1. The van der Waals surface area contributed by atoms with Crippen molar-refractivity contribution in [3.63, 3.8) is 0 Å². The number of carbonyl (C=O) groups excluding carboxylic acids is 1. The minimum atomic E-state index is -0.00343. The molecule has 1 aliphatic carbocycles. The van der Waals surface area contributed by atoms with Crippen LogP contribution in [0.15, 0.2) is 18.3 Å². The van der Waals surface area contributed by atoms with Gasteiger partial charge in [0.1, 0.15) is 0 Å². The second-order valence-corrected chi connectivity index (χ2v) is 4.69. The number of nitrogens with one attached hydrogen (secondary N) is 1. The van der Waals surface area contributed by atoms with E-state index in [4.69, 9.17) is 0 Å². The van der Waals surface area contributed by atoms with Gasteiger partial charge in [0, 0.05) is 18.5 Å². The fraction of sp³-hybridized carbons (Fsp3) is 0.462. The van der Waals surface area contributed by atoms with Gasteiger partial charge < -0.3 is 5.32 Å². The number of nitrogens with zero attached hydrogens (tertiary/aromatic N) is 3. The largest absolute Gasteiger partial charge is 0.323 e. The Balaban J connectivity index is 1.98. The van der Waals surface area contributed by atoms with E-state index in [2.05, 4.69) is 15.4 Å². The van der Waals surface area contributed by atoms with Crippen LogP contribution in [0.4, 0.5) is 5.69 Å². The lowest BCUT2D eigenvalue weighted by atomic mass is 9.85. The zero-order chi connectivity index (χ0) is 12.5. The first-order valence-electron chi connectivity index (χ1n) is 6.43. The van der Waals surface area contributed by atoms with Gasteiger partial charge in [0.2, 0.25) is 5.91 Å². The molecule has 5 nitrogen and oxygen atoms in total. The second kappa shape index (κ2) is 4.40. The Morgan fingerprint density at radius 3 is 3.06 bits per heavy atom. The van der Waals surface area contributed by atoms with Gasteiger partial charge in [-0.25, -0.2) is 9.50 Å². The van der Waals surface area contributed by atoms with E-state index in [0.29, 0.717) is 12.3 Å². The van der Waals surface area contributed by atoms with Gasteiger partial charge in [0.05, 0.1) is 5.69 Å². The van der Waals surface area contributed by atoms with Crippen molar-refractivity contribution in [3.8, 4) is 0 Å². The molecule has 1 N–H and O–H groups in total. The first-order valence-corrected chi connectivity index (χ1v) is 6.43. The van der Waals surface area contributed by atoms with Crippen LogP contribution < -0.4 is 5.32 Å². The Kier molecular flexibility index (Phi) is 2.74. The molecule has 3 rings (SSSR count). The average molecular weight is 244 g/mol. The number of amides is 1. The number of hydrogen-bond donors (Lipinski definition) is 1. The van der Waals surface area contributed by atoms with Crippen LogP contribution in [0.3, 0.4) is 0 Å². The van der Waals surface area contributed by atoms with Crippen LogP contribution >= 0.6 is 0 Å². The molecule has 0 bridgehead atoms. The number of fused-ring (bicyclic) bond motifs is 1. The molecule has 2 heterocycles. The van der Waals surface area contributed by atoms with Crippen LogP contribution in [-0.2, 0) is 4.79 Å². The number of carbonyl (C=O) groups is 1. The van der Waals surface area contributed by atoms with Gasteiger partial charge in [0.25, 0.3) is 0 Å². The van der Waals surface area contributed by atoms with Crippen LogP contribution in [0.2, 0.25) is 0 Å². The quantitative estimate of drug-likeness (QED) is 0.901. The lowest BCUT2D eigenvalue weighted by Crippen LogP contribution is -2.10. The van der Waals surface area contributed by atoms with E-state index in [-0.39, 0.29) is 5.91 Å². The van der Waals surface area contributed by atoms with E-state index in [1.54, 1.807) is 4.52 Å². The van der Waals surface area contributed by atoms with Crippen LogP contribution in [0.25, 0.3) is 5.65 Å². The third-order valence-electron chi connectivity index (χ3n) is 3.44.